The summed E-state index contributed by atoms with van der Waals surface area (Å²) >= 11 is 0. The van der Waals surface area contributed by atoms with E-state index in [2.05, 4.69) is 20.1 Å². The number of likely N-dealkylation sites (tertiary alicyclic amines) is 1. The van der Waals surface area contributed by atoms with Crippen molar-refractivity contribution in [1.82, 2.24) is 20.1 Å². The van der Waals surface area contributed by atoms with Gasteiger partial charge >= 0.3 is 0 Å². The normalized spacial score (nSPS) is 18.5. The average molecular weight is 308 g/mol. The van der Waals surface area contributed by atoms with Crippen LogP contribution in [0.15, 0.2) is 24.5 Å². The zero-order valence-corrected chi connectivity index (χ0v) is 12.0. The summed E-state index contributed by atoms with van der Waals surface area (Å²) in [5.74, 6) is 0.100. The van der Waals surface area contributed by atoms with E-state index in [9.17, 15) is 13.9 Å². The monoisotopic (exact) mass is 308 g/mol. The number of aliphatic hydroxyl groups excluding tert-OH is 1. The molecule has 2 heterocycles. The summed E-state index contributed by atoms with van der Waals surface area (Å²) in [6, 6.07) is 3.15. The van der Waals surface area contributed by atoms with Crippen LogP contribution < -0.4 is 0 Å². The molecule has 5 nitrogen and oxygen atoms in total. The van der Waals surface area contributed by atoms with Gasteiger partial charge in [-0.1, -0.05) is 0 Å². The van der Waals surface area contributed by atoms with Crippen LogP contribution in [0, 0.1) is 11.6 Å². The quantitative estimate of drug-likeness (QED) is 0.906. The molecule has 118 valence electrons. The maximum atomic E-state index is 13.7. The van der Waals surface area contributed by atoms with E-state index in [1.807, 2.05) is 0 Å². The fourth-order valence-electron chi connectivity index (χ4n) is 2.91. The summed E-state index contributed by atoms with van der Waals surface area (Å²) in [5.41, 5.74) is 0.0114. The molecule has 1 unspecified atom stereocenters. The van der Waals surface area contributed by atoms with Gasteiger partial charge in [0.1, 0.15) is 23.8 Å². The van der Waals surface area contributed by atoms with E-state index in [-0.39, 0.29) is 5.56 Å². The lowest BCUT2D eigenvalue weighted by Crippen LogP contribution is -2.36. The number of benzene rings is 1. The number of β-amino-alcohol motifs (C(OH)–C–C–N with tert-alkyl or cyclic N) is 1. The van der Waals surface area contributed by atoms with Crippen LogP contribution in [0.5, 0.6) is 0 Å². The molecule has 2 N–H and O–H groups in total. The molecule has 0 spiro atoms. The minimum Gasteiger partial charge on any atom is -0.387 e. The zero-order valence-electron chi connectivity index (χ0n) is 12.0. The van der Waals surface area contributed by atoms with Crippen LogP contribution in [0.25, 0.3) is 0 Å². The number of hydrogen-bond acceptors (Lipinski definition) is 4. The molecule has 7 heteroatoms. The molecular weight excluding hydrogens is 290 g/mol. The molecule has 1 aromatic carbocycles. The Kier molecular flexibility index (Phi) is 4.44. The molecule has 0 amide bonds. The topological polar surface area (TPSA) is 65.0 Å². The minimum absolute atomic E-state index is 0.0114. The maximum Gasteiger partial charge on any atom is 0.137 e. The number of nitrogens with one attached hydrogen (secondary N) is 1. The van der Waals surface area contributed by atoms with Crippen molar-refractivity contribution >= 4 is 0 Å². The molecule has 22 heavy (non-hydrogen) atoms. The highest BCUT2D eigenvalue weighted by atomic mass is 19.1. The first kappa shape index (κ1) is 15.1. The molecule has 1 aliphatic heterocycles. The molecule has 1 saturated heterocycles. The number of halogens is 2. The van der Waals surface area contributed by atoms with Crippen LogP contribution in [0.3, 0.4) is 0 Å². The van der Waals surface area contributed by atoms with E-state index >= 15 is 0 Å². The number of hydrogen-bond donors (Lipinski definition) is 2. The van der Waals surface area contributed by atoms with Crippen LogP contribution >= 0.6 is 0 Å². The first-order valence-electron chi connectivity index (χ1n) is 7.34. The fourth-order valence-corrected chi connectivity index (χ4v) is 2.91. The highest BCUT2D eigenvalue weighted by Crippen LogP contribution is 2.27. The van der Waals surface area contributed by atoms with Crippen molar-refractivity contribution in [1.29, 1.82) is 0 Å². The lowest BCUT2D eigenvalue weighted by atomic mass is 9.95. The van der Waals surface area contributed by atoms with E-state index in [1.165, 1.54) is 6.33 Å². The van der Waals surface area contributed by atoms with Crippen molar-refractivity contribution in [3.63, 3.8) is 0 Å². The van der Waals surface area contributed by atoms with Gasteiger partial charge in [-0.25, -0.2) is 13.8 Å². The molecule has 2 aromatic rings. The lowest BCUT2D eigenvalue weighted by Gasteiger charge is -2.32. The van der Waals surface area contributed by atoms with E-state index in [1.54, 1.807) is 0 Å². The molecule has 3 rings (SSSR count). The highest BCUT2D eigenvalue weighted by Gasteiger charge is 2.25. The summed E-state index contributed by atoms with van der Waals surface area (Å²) < 4.78 is 26.8. The van der Waals surface area contributed by atoms with Gasteiger partial charge in [0.25, 0.3) is 0 Å². The average Bonchev–Trinajstić information content (AvgIpc) is 3.05. The van der Waals surface area contributed by atoms with E-state index in [4.69, 9.17) is 0 Å². The van der Waals surface area contributed by atoms with Gasteiger partial charge in [-0.15, -0.1) is 0 Å². The van der Waals surface area contributed by atoms with Crippen molar-refractivity contribution in [3.05, 3.63) is 47.5 Å². The minimum atomic E-state index is -1.03. The second-order valence-electron chi connectivity index (χ2n) is 5.63. The van der Waals surface area contributed by atoms with Crippen LogP contribution in [-0.2, 0) is 0 Å². The Morgan fingerprint density at radius 2 is 2.09 bits per heavy atom. The zero-order chi connectivity index (χ0) is 15.5. The van der Waals surface area contributed by atoms with Gasteiger partial charge in [0.2, 0.25) is 0 Å². The molecule has 0 aliphatic carbocycles. The Morgan fingerprint density at radius 1 is 1.32 bits per heavy atom. The summed E-state index contributed by atoms with van der Waals surface area (Å²) in [5, 5.41) is 16.9. The van der Waals surface area contributed by atoms with E-state index in [0.29, 0.717) is 12.5 Å². The van der Waals surface area contributed by atoms with Gasteiger partial charge in [-0.05, 0) is 44.1 Å². The molecular formula is C15H18F2N4O. The second-order valence-corrected chi connectivity index (χ2v) is 5.63. The molecule has 1 aliphatic rings. The van der Waals surface area contributed by atoms with Gasteiger partial charge in [-0.3, -0.25) is 5.10 Å². The first-order valence-corrected chi connectivity index (χ1v) is 7.34. The number of rotatable bonds is 4. The van der Waals surface area contributed by atoms with E-state index in [0.717, 1.165) is 50.0 Å². The maximum absolute atomic E-state index is 13.7. The number of aromatic amines is 1. The highest BCUT2D eigenvalue weighted by molar-refractivity contribution is 5.21. The summed E-state index contributed by atoms with van der Waals surface area (Å²) in [4.78, 5) is 6.23. The predicted molar refractivity (Wildman–Crippen MR) is 76.1 cm³/mol. The summed E-state index contributed by atoms with van der Waals surface area (Å²) in [6.07, 6.45) is 2.26. The summed E-state index contributed by atoms with van der Waals surface area (Å²) in [6.45, 7) is 1.85. The Morgan fingerprint density at radius 3 is 2.77 bits per heavy atom. The van der Waals surface area contributed by atoms with Crippen molar-refractivity contribution in [2.75, 3.05) is 19.6 Å². The van der Waals surface area contributed by atoms with Crippen LogP contribution in [0.4, 0.5) is 8.78 Å². The molecule has 1 aromatic heterocycles. The van der Waals surface area contributed by atoms with Crippen molar-refractivity contribution in [2.45, 2.75) is 24.9 Å². The molecule has 0 bridgehead atoms. The Bertz CT molecular complexity index is 612. The van der Waals surface area contributed by atoms with Gasteiger partial charge in [0.05, 0.1) is 6.10 Å². The van der Waals surface area contributed by atoms with Gasteiger partial charge in [-0.2, -0.15) is 5.10 Å². The van der Waals surface area contributed by atoms with Crippen LogP contribution in [0.2, 0.25) is 0 Å². The Labute approximate surface area is 127 Å². The fraction of sp³-hybridized carbons (Fsp3) is 0.467. The second kappa shape index (κ2) is 6.50. The standard InChI is InChI=1S/C15H18F2N4O/c16-11-1-2-13(17)12(7-11)14(22)8-21-5-3-10(4-6-21)15-18-9-19-20-15/h1-2,7,9-10,14,22H,3-6,8H2,(H,18,19,20). The molecule has 0 radical (unpaired) electrons. The number of aliphatic hydroxyl groups is 1. The number of nitrogens with zero attached hydrogens (tertiary/aromatic N) is 3. The Hall–Kier alpha value is -1.86. The van der Waals surface area contributed by atoms with Crippen molar-refractivity contribution < 1.29 is 13.9 Å². The largest absolute Gasteiger partial charge is 0.387 e. The molecule has 1 fully saturated rings. The number of aromatic nitrogens is 3. The first-order chi connectivity index (χ1) is 10.6. The smallest absolute Gasteiger partial charge is 0.137 e. The lowest BCUT2D eigenvalue weighted by molar-refractivity contribution is 0.0939. The number of H-pyrrole nitrogens is 1. The predicted octanol–water partition coefficient (Wildman–Crippen LogP) is 2.00. The molecule has 1 atom stereocenters. The Balaban J connectivity index is 1.57. The number of piperidine rings is 1. The van der Waals surface area contributed by atoms with Crippen molar-refractivity contribution in [3.8, 4) is 0 Å². The third kappa shape index (κ3) is 3.31. The third-order valence-electron chi connectivity index (χ3n) is 4.16. The van der Waals surface area contributed by atoms with Gasteiger partial charge in [0, 0.05) is 18.0 Å². The summed E-state index contributed by atoms with van der Waals surface area (Å²) in [7, 11) is 0. The van der Waals surface area contributed by atoms with Crippen molar-refractivity contribution in [2.24, 2.45) is 0 Å². The van der Waals surface area contributed by atoms with Crippen LogP contribution in [-0.4, -0.2) is 44.8 Å². The van der Waals surface area contributed by atoms with Gasteiger partial charge < -0.3 is 10.0 Å². The third-order valence-corrected chi connectivity index (χ3v) is 4.16. The molecule has 0 saturated carbocycles. The van der Waals surface area contributed by atoms with E-state index < -0.39 is 17.7 Å². The van der Waals surface area contributed by atoms with Crippen LogP contribution in [0.1, 0.15) is 36.3 Å². The SMILES string of the molecule is OC(CN1CCC(c2ncn[nH]2)CC1)c1cc(F)ccc1F. The van der Waals surface area contributed by atoms with Gasteiger partial charge in [0.15, 0.2) is 0 Å².